The minimum Gasteiger partial charge on any atom is -0.343 e. The molecule has 1 saturated carbocycles. The topological polar surface area (TPSA) is 82.5 Å². The molecule has 8 heteroatoms. The molecular weight excluding hydrogens is 488 g/mol. The van der Waals surface area contributed by atoms with E-state index in [0.29, 0.717) is 37.0 Å². The lowest BCUT2D eigenvalue weighted by molar-refractivity contribution is -0.132. The number of rotatable bonds is 6. The van der Waals surface area contributed by atoms with Gasteiger partial charge in [-0.1, -0.05) is 24.6 Å². The molecule has 0 atom stereocenters. The van der Waals surface area contributed by atoms with Crippen LogP contribution in [0.1, 0.15) is 65.6 Å². The van der Waals surface area contributed by atoms with Crippen LogP contribution in [-0.2, 0) is 24.8 Å². The zero-order valence-corrected chi connectivity index (χ0v) is 22.9. The van der Waals surface area contributed by atoms with Gasteiger partial charge >= 0.3 is 0 Å². The molecule has 39 heavy (non-hydrogen) atoms. The van der Waals surface area contributed by atoms with Crippen LogP contribution < -0.4 is 15.5 Å². The Bertz CT molecular complexity index is 1370. The summed E-state index contributed by atoms with van der Waals surface area (Å²) < 4.78 is 1.80. The molecule has 0 bridgehead atoms. The monoisotopic (exact) mass is 526 g/mol. The first kappa shape index (κ1) is 25.6. The largest absolute Gasteiger partial charge is 0.343 e. The molecule has 1 aromatic heterocycles. The Labute approximate surface area is 230 Å². The first-order valence-corrected chi connectivity index (χ1v) is 14.3. The zero-order chi connectivity index (χ0) is 26.9. The van der Waals surface area contributed by atoms with Crippen molar-refractivity contribution in [2.75, 3.05) is 23.3 Å². The van der Waals surface area contributed by atoms with Gasteiger partial charge in [-0.15, -0.1) is 0 Å². The van der Waals surface area contributed by atoms with Crippen molar-refractivity contribution in [3.05, 3.63) is 70.9 Å². The predicted octanol–water partition coefficient (Wildman–Crippen LogP) is 4.70. The van der Waals surface area contributed by atoms with Crippen LogP contribution in [0.2, 0.25) is 0 Å². The lowest BCUT2D eigenvalue weighted by atomic mass is 9.91. The van der Waals surface area contributed by atoms with Crippen LogP contribution in [0.4, 0.5) is 17.2 Å². The van der Waals surface area contributed by atoms with Gasteiger partial charge in [0.05, 0.1) is 24.1 Å². The van der Waals surface area contributed by atoms with Crippen molar-refractivity contribution in [3.63, 3.8) is 0 Å². The minimum atomic E-state index is -0.0509. The van der Waals surface area contributed by atoms with Crippen molar-refractivity contribution in [1.82, 2.24) is 20.0 Å². The molecule has 2 amide bonds. The van der Waals surface area contributed by atoms with E-state index in [2.05, 4.69) is 15.7 Å². The van der Waals surface area contributed by atoms with E-state index >= 15 is 0 Å². The van der Waals surface area contributed by atoms with Gasteiger partial charge < -0.3 is 20.4 Å². The average Bonchev–Trinajstić information content (AvgIpc) is 3.17. The highest BCUT2D eigenvalue weighted by molar-refractivity contribution is 6.08. The summed E-state index contributed by atoms with van der Waals surface area (Å²) in [5.74, 6) is 1.08. The second-order valence-electron chi connectivity index (χ2n) is 11.3. The molecule has 3 aromatic rings. The van der Waals surface area contributed by atoms with Crippen LogP contribution in [-0.4, -0.2) is 51.7 Å². The molecule has 2 fully saturated rings. The Morgan fingerprint density at radius 3 is 2.56 bits per heavy atom. The fraction of sp³-hybridized carbons (Fsp3) is 0.452. The summed E-state index contributed by atoms with van der Waals surface area (Å²) in [5.41, 5.74) is 5.50. The number of carbonyl (C=O) groups excluding carboxylic acids is 2. The molecule has 1 saturated heterocycles. The molecule has 0 unspecified atom stereocenters. The van der Waals surface area contributed by atoms with Gasteiger partial charge in [0.1, 0.15) is 5.82 Å². The highest BCUT2D eigenvalue weighted by atomic mass is 16.2. The number of para-hydroxylation sites is 2. The third-order valence-electron chi connectivity index (χ3n) is 8.66. The number of fused-ring (bicyclic) bond motifs is 2. The van der Waals surface area contributed by atoms with E-state index < -0.39 is 0 Å². The number of hydrogen-bond acceptors (Lipinski definition) is 5. The lowest BCUT2D eigenvalue weighted by Crippen LogP contribution is -2.49. The minimum absolute atomic E-state index is 0.0509. The average molecular weight is 527 g/mol. The van der Waals surface area contributed by atoms with Crippen LogP contribution in [0.25, 0.3) is 0 Å². The number of anilines is 3. The molecule has 0 spiro atoms. The maximum Gasteiger partial charge on any atom is 0.258 e. The first-order chi connectivity index (χ1) is 19.0. The molecule has 2 N–H and O–H groups in total. The van der Waals surface area contributed by atoms with Crippen LogP contribution in [0, 0.1) is 6.92 Å². The summed E-state index contributed by atoms with van der Waals surface area (Å²) in [6, 6.07) is 15.0. The number of nitrogens with one attached hydrogen (secondary N) is 2. The highest BCUT2D eigenvalue weighted by Crippen LogP contribution is 2.36. The van der Waals surface area contributed by atoms with Gasteiger partial charge in [0.15, 0.2) is 0 Å². The second kappa shape index (κ2) is 10.8. The number of aryl methyl sites for hydroxylation is 3. The van der Waals surface area contributed by atoms with Gasteiger partial charge in [-0.05, 0) is 74.4 Å². The van der Waals surface area contributed by atoms with Gasteiger partial charge in [0.25, 0.3) is 5.91 Å². The molecule has 204 valence electrons. The number of benzene rings is 2. The molecule has 0 radical (unpaired) electrons. The van der Waals surface area contributed by atoms with Crippen molar-refractivity contribution < 1.29 is 9.59 Å². The van der Waals surface area contributed by atoms with Gasteiger partial charge in [0.2, 0.25) is 5.91 Å². The van der Waals surface area contributed by atoms with Crippen LogP contribution in [0.3, 0.4) is 0 Å². The Balaban J connectivity index is 1.10. The van der Waals surface area contributed by atoms with Crippen molar-refractivity contribution in [3.8, 4) is 0 Å². The Hall–Kier alpha value is -3.65. The SMILES string of the molecule is Cc1cc(C(=O)N2Cc3cnn(C)c3Nc3ccccc32)ccc1CCC(=O)N1CCC(NC2CCC2)CC1. The van der Waals surface area contributed by atoms with Gasteiger partial charge in [-0.3, -0.25) is 14.3 Å². The Morgan fingerprint density at radius 2 is 1.82 bits per heavy atom. The van der Waals surface area contributed by atoms with Crippen LogP contribution in [0.5, 0.6) is 0 Å². The predicted molar refractivity (Wildman–Crippen MR) is 153 cm³/mol. The molecule has 3 aliphatic rings. The number of likely N-dealkylation sites (tertiary alicyclic amines) is 1. The van der Waals surface area contributed by atoms with E-state index in [0.717, 1.165) is 59.8 Å². The highest BCUT2D eigenvalue weighted by Gasteiger charge is 2.28. The van der Waals surface area contributed by atoms with E-state index in [1.807, 2.05) is 72.4 Å². The third kappa shape index (κ3) is 5.30. The normalized spacial score (nSPS) is 17.6. The molecular formula is C31H38N6O2. The number of nitrogens with zero attached hydrogens (tertiary/aromatic N) is 4. The Morgan fingerprint density at radius 1 is 1.05 bits per heavy atom. The molecule has 8 nitrogen and oxygen atoms in total. The molecule has 2 aromatic carbocycles. The van der Waals surface area contributed by atoms with E-state index in [9.17, 15) is 9.59 Å². The molecule has 2 aliphatic heterocycles. The number of amides is 2. The number of carbonyl (C=O) groups is 2. The smallest absolute Gasteiger partial charge is 0.258 e. The summed E-state index contributed by atoms with van der Waals surface area (Å²) in [7, 11) is 1.90. The van der Waals surface area contributed by atoms with Crippen molar-refractivity contribution >= 4 is 29.0 Å². The zero-order valence-electron chi connectivity index (χ0n) is 22.9. The van der Waals surface area contributed by atoms with E-state index in [-0.39, 0.29) is 11.8 Å². The quantitative estimate of drug-likeness (QED) is 0.487. The first-order valence-electron chi connectivity index (χ1n) is 14.3. The summed E-state index contributed by atoms with van der Waals surface area (Å²) in [6.07, 6.45) is 9.06. The Kier molecular flexibility index (Phi) is 7.12. The summed E-state index contributed by atoms with van der Waals surface area (Å²) in [5, 5.41) is 11.6. The maximum atomic E-state index is 13.8. The van der Waals surface area contributed by atoms with Crippen molar-refractivity contribution in [2.45, 2.75) is 70.5 Å². The van der Waals surface area contributed by atoms with Gasteiger partial charge in [0, 0.05) is 49.8 Å². The van der Waals surface area contributed by atoms with Crippen molar-refractivity contribution in [1.29, 1.82) is 0 Å². The van der Waals surface area contributed by atoms with Gasteiger partial charge in [-0.25, -0.2) is 0 Å². The third-order valence-corrected chi connectivity index (χ3v) is 8.66. The number of piperidine rings is 1. The standard InChI is InChI=1S/C31H38N6O2/c1-21-18-23(31(39)37-20-24-19-32-35(2)30(24)34-27-8-3-4-9-28(27)37)11-10-22(21)12-13-29(38)36-16-14-26(15-17-36)33-25-6-5-7-25/h3-4,8-11,18-19,25-26,33-34H,5-7,12-17,20H2,1-2H3. The molecule has 6 rings (SSSR count). The van der Waals surface area contributed by atoms with E-state index in [1.165, 1.54) is 19.3 Å². The van der Waals surface area contributed by atoms with Gasteiger partial charge in [-0.2, -0.15) is 5.10 Å². The number of aromatic nitrogens is 2. The summed E-state index contributed by atoms with van der Waals surface area (Å²) >= 11 is 0. The lowest BCUT2D eigenvalue weighted by Gasteiger charge is -2.37. The van der Waals surface area contributed by atoms with Crippen molar-refractivity contribution in [2.24, 2.45) is 7.05 Å². The maximum absolute atomic E-state index is 13.8. The number of hydrogen-bond donors (Lipinski definition) is 2. The van der Waals surface area contributed by atoms with Crippen LogP contribution in [0.15, 0.2) is 48.7 Å². The summed E-state index contributed by atoms with van der Waals surface area (Å²) in [4.78, 5) is 30.6. The van der Waals surface area contributed by atoms with E-state index in [1.54, 1.807) is 4.68 Å². The fourth-order valence-electron chi connectivity index (χ4n) is 6.01. The second-order valence-corrected chi connectivity index (χ2v) is 11.3. The summed E-state index contributed by atoms with van der Waals surface area (Å²) in [6.45, 7) is 4.17. The van der Waals surface area contributed by atoms with E-state index in [4.69, 9.17) is 0 Å². The molecule has 1 aliphatic carbocycles. The fourth-order valence-corrected chi connectivity index (χ4v) is 6.01. The van der Waals surface area contributed by atoms with Crippen LogP contribution >= 0.6 is 0 Å². The molecule has 3 heterocycles.